The largest absolute Gasteiger partial charge is 0.268 e. The van der Waals surface area contributed by atoms with Crippen molar-refractivity contribution in [2.45, 2.75) is 33.2 Å². The molecule has 0 aliphatic heterocycles. The van der Waals surface area contributed by atoms with E-state index < -0.39 is 0 Å². The zero-order chi connectivity index (χ0) is 10.6. The van der Waals surface area contributed by atoms with Crippen molar-refractivity contribution < 1.29 is 0 Å². The molecule has 1 aromatic heterocycles. The van der Waals surface area contributed by atoms with Crippen LogP contribution in [0.2, 0.25) is 0 Å². The number of aromatic nitrogens is 2. The minimum absolute atomic E-state index is 0.500. The summed E-state index contributed by atoms with van der Waals surface area (Å²) in [4.78, 5) is 0. The van der Waals surface area contributed by atoms with E-state index in [1.165, 1.54) is 5.69 Å². The Morgan fingerprint density at radius 1 is 1.64 bits per heavy atom. The molecule has 4 heteroatoms. The lowest BCUT2D eigenvalue weighted by atomic mass is 10.1. The molecule has 0 aliphatic carbocycles. The van der Waals surface area contributed by atoms with Gasteiger partial charge in [-0.2, -0.15) is 5.10 Å². The molecular formula is C10H16BrClN2. The van der Waals surface area contributed by atoms with E-state index in [0.717, 1.165) is 23.9 Å². The number of aryl methyl sites for hydroxylation is 1. The van der Waals surface area contributed by atoms with Crippen LogP contribution in [-0.4, -0.2) is 15.7 Å². The van der Waals surface area contributed by atoms with Crippen LogP contribution in [0.4, 0.5) is 0 Å². The number of hydrogen-bond acceptors (Lipinski definition) is 1. The van der Waals surface area contributed by atoms with E-state index in [2.05, 4.69) is 39.6 Å². The second kappa shape index (κ2) is 5.76. The standard InChI is InChI=1S/C10H16BrClN2/c1-3-4-14-10(5-8(2)6-12)9(11)7-13-14/h7-8H,3-6H2,1-2H3. The van der Waals surface area contributed by atoms with Crippen LogP contribution in [-0.2, 0) is 13.0 Å². The molecule has 0 bridgehead atoms. The molecule has 0 spiro atoms. The van der Waals surface area contributed by atoms with E-state index in [4.69, 9.17) is 11.6 Å². The van der Waals surface area contributed by atoms with Gasteiger partial charge in [0.15, 0.2) is 0 Å². The van der Waals surface area contributed by atoms with Gasteiger partial charge in [0.2, 0.25) is 0 Å². The lowest BCUT2D eigenvalue weighted by Gasteiger charge is -2.10. The van der Waals surface area contributed by atoms with Gasteiger partial charge in [-0.05, 0) is 34.7 Å². The van der Waals surface area contributed by atoms with Crippen LogP contribution < -0.4 is 0 Å². The van der Waals surface area contributed by atoms with Gasteiger partial charge in [0.05, 0.1) is 16.4 Å². The van der Waals surface area contributed by atoms with Crippen LogP contribution in [0.3, 0.4) is 0 Å². The smallest absolute Gasteiger partial charge is 0.0635 e. The van der Waals surface area contributed by atoms with Gasteiger partial charge in [-0.1, -0.05) is 13.8 Å². The van der Waals surface area contributed by atoms with Crippen molar-refractivity contribution in [3.63, 3.8) is 0 Å². The first-order chi connectivity index (χ1) is 6.69. The van der Waals surface area contributed by atoms with Gasteiger partial charge in [-0.25, -0.2) is 0 Å². The molecule has 0 saturated carbocycles. The first-order valence-corrected chi connectivity index (χ1v) is 6.27. The quantitative estimate of drug-likeness (QED) is 0.755. The van der Waals surface area contributed by atoms with Crippen LogP contribution in [0.25, 0.3) is 0 Å². The molecule has 1 heterocycles. The molecule has 0 fully saturated rings. The summed E-state index contributed by atoms with van der Waals surface area (Å²) in [6, 6.07) is 0. The van der Waals surface area contributed by atoms with E-state index in [-0.39, 0.29) is 0 Å². The number of rotatable bonds is 5. The normalized spacial score (nSPS) is 13.1. The third-order valence-corrected chi connectivity index (χ3v) is 3.33. The summed E-state index contributed by atoms with van der Waals surface area (Å²) < 4.78 is 3.16. The monoisotopic (exact) mass is 278 g/mol. The van der Waals surface area contributed by atoms with E-state index in [1.807, 2.05) is 6.20 Å². The zero-order valence-corrected chi connectivity index (χ0v) is 11.0. The molecule has 0 amide bonds. The first-order valence-electron chi connectivity index (χ1n) is 4.95. The summed E-state index contributed by atoms with van der Waals surface area (Å²) in [6.07, 6.45) is 3.96. The fraction of sp³-hybridized carbons (Fsp3) is 0.700. The Labute approximate surface area is 98.8 Å². The Bertz CT molecular complexity index is 286. The third kappa shape index (κ3) is 2.99. The van der Waals surface area contributed by atoms with Crippen molar-refractivity contribution in [3.05, 3.63) is 16.4 Å². The van der Waals surface area contributed by atoms with E-state index in [0.29, 0.717) is 11.8 Å². The molecule has 80 valence electrons. The molecule has 1 aromatic rings. The summed E-state index contributed by atoms with van der Waals surface area (Å²) in [5.41, 5.74) is 1.26. The Morgan fingerprint density at radius 2 is 2.36 bits per heavy atom. The van der Waals surface area contributed by atoms with Crippen molar-refractivity contribution in [2.24, 2.45) is 5.92 Å². The number of nitrogens with zero attached hydrogens (tertiary/aromatic N) is 2. The number of halogens is 2. The van der Waals surface area contributed by atoms with Gasteiger partial charge < -0.3 is 0 Å². The topological polar surface area (TPSA) is 17.8 Å². The fourth-order valence-electron chi connectivity index (χ4n) is 1.38. The highest BCUT2D eigenvalue weighted by Gasteiger charge is 2.11. The van der Waals surface area contributed by atoms with Gasteiger partial charge >= 0.3 is 0 Å². The number of alkyl halides is 1. The molecule has 0 aliphatic rings. The maximum atomic E-state index is 5.81. The summed E-state index contributed by atoms with van der Waals surface area (Å²) in [6.45, 7) is 5.29. The zero-order valence-electron chi connectivity index (χ0n) is 8.63. The predicted octanol–water partition coefficient (Wildman–Crippen LogP) is 3.47. The highest BCUT2D eigenvalue weighted by molar-refractivity contribution is 9.10. The van der Waals surface area contributed by atoms with Gasteiger partial charge in [-0.3, -0.25) is 4.68 Å². The minimum atomic E-state index is 0.500. The molecule has 0 aromatic carbocycles. The molecule has 0 saturated heterocycles. The average Bonchev–Trinajstić information content (AvgIpc) is 2.50. The second-order valence-electron chi connectivity index (χ2n) is 3.63. The van der Waals surface area contributed by atoms with E-state index in [9.17, 15) is 0 Å². The van der Waals surface area contributed by atoms with Gasteiger partial charge in [-0.15, -0.1) is 11.6 Å². The Balaban J connectivity index is 2.76. The van der Waals surface area contributed by atoms with Crippen molar-refractivity contribution in [1.29, 1.82) is 0 Å². The molecule has 1 atom stereocenters. The molecule has 0 N–H and O–H groups in total. The predicted molar refractivity (Wildman–Crippen MR) is 63.8 cm³/mol. The summed E-state index contributed by atoms with van der Waals surface area (Å²) in [5.74, 6) is 1.20. The Morgan fingerprint density at radius 3 is 2.93 bits per heavy atom. The highest BCUT2D eigenvalue weighted by atomic mass is 79.9. The lowest BCUT2D eigenvalue weighted by Crippen LogP contribution is -2.09. The van der Waals surface area contributed by atoms with Crippen molar-refractivity contribution in [1.82, 2.24) is 9.78 Å². The van der Waals surface area contributed by atoms with Crippen molar-refractivity contribution in [2.75, 3.05) is 5.88 Å². The van der Waals surface area contributed by atoms with Crippen molar-refractivity contribution >= 4 is 27.5 Å². The summed E-state index contributed by atoms with van der Waals surface area (Å²) >= 11 is 9.32. The molecule has 0 radical (unpaired) electrons. The Kier molecular flexibility index (Phi) is 4.96. The maximum Gasteiger partial charge on any atom is 0.0635 e. The highest BCUT2D eigenvalue weighted by Crippen LogP contribution is 2.20. The third-order valence-electron chi connectivity index (χ3n) is 2.14. The van der Waals surface area contributed by atoms with Crippen molar-refractivity contribution in [3.8, 4) is 0 Å². The summed E-state index contributed by atoms with van der Waals surface area (Å²) in [5, 5.41) is 4.32. The van der Waals surface area contributed by atoms with Gasteiger partial charge in [0.25, 0.3) is 0 Å². The molecule has 2 nitrogen and oxygen atoms in total. The molecule has 1 rings (SSSR count). The van der Waals surface area contributed by atoms with Gasteiger partial charge in [0, 0.05) is 12.4 Å². The number of hydrogen-bond donors (Lipinski definition) is 0. The second-order valence-corrected chi connectivity index (χ2v) is 4.79. The van der Waals surface area contributed by atoms with E-state index in [1.54, 1.807) is 0 Å². The van der Waals surface area contributed by atoms with Crippen LogP contribution in [0.5, 0.6) is 0 Å². The maximum absolute atomic E-state index is 5.81. The van der Waals surface area contributed by atoms with Crippen LogP contribution in [0.15, 0.2) is 10.7 Å². The first kappa shape index (κ1) is 12.1. The van der Waals surface area contributed by atoms with Gasteiger partial charge in [0.1, 0.15) is 0 Å². The Hall–Kier alpha value is -0.0200. The van der Waals surface area contributed by atoms with Crippen LogP contribution >= 0.6 is 27.5 Å². The van der Waals surface area contributed by atoms with Crippen LogP contribution in [0.1, 0.15) is 26.0 Å². The fourth-order valence-corrected chi connectivity index (χ4v) is 1.95. The molecule has 1 unspecified atom stereocenters. The van der Waals surface area contributed by atoms with E-state index >= 15 is 0 Å². The summed E-state index contributed by atoms with van der Waals surface area (Å²) in [7, 11) is 0. The van der Waals surface area contributed by atoms with Crippen LogP contribution in [0, 0.1) is 5.92 Å². The lowest BCUT2D eigenvalue weighted by molar-refractivity contribution is 0.538. The molecule has 14 heavy (non-hydrogen) atoms. The minimum Gasteiger partial charge on any atom is -0.268 e. The average molecular weight is 280 g/mol. The molecular weight excluding hydrogens is 263 g/mol. The SMILES string of the molecule is CCCn1ncc(Br)c1CC(C)CCl.